The van der Waals surface area contributed by atoms with Crippen LogP contribution >= 0.6 is 0 Å². The van der Waals surface area contributed by atoms with Crippen molar-refractivity contribution in [2.45, 2.75) is 46.4 Å². The molecule has 0 fully saturated rings. The number of hydrogen-bond acceptors (Lipinski definition) is 3. The lowest BCUT2D eigenvalue weighted by molar-refractivity contribution is 0.467. The van der Waals surface area contributed by atoms with Gasteiger partial charge in [0, 0.05) is 5.56 Å². The van der Waals surface area contributed by atoms with E-state index in [-0.39, 0.29) is 5.75 Å². The zero-order valence-corrected chi connectivity index (χ0v) is 15.2. The fourth-order valence-electron chi connectivity index (χ4n) is 2.73. The summed E-state index contributed by atoms with van der Waals surface area (Å²) in [6.07, 6.45) is 0. The lowest BCUT2D eigenvalue weighted by Gasteiger charge is -2.18. The number of aromatic hydroxyl groups is 1. The van der Waals surface area contributed by atoms with Crippen LogP contribution in [-0.2, 0) is 10.0 Å². The van der Waals surface area contributed by atoms with Gasteiger partial charge < -0.3 is 5.11 Å². The monoisotopic (exact) mass is 333 g/mol. The minimum absolute atomic E-state index is 0.110. The molecule has 2 aromatic carbocycles. The molecule has 4 nitrogen and oxygen atoms in total. The van der Waals surface area contributed by atoms with Crippen molar-refractivity contribution in [1.29, 1.82) is 0 Å². The molecule has 2 aromatic rings. The maximum Gasteiger partial charge on any atom is 0.262 e. The first kappa shape index (κ1) is 17.3. The summed E-state index contributed by atoms with van der Waals surface area (Å²) in [7, 11) is -3.73. The van der Waals surface area contributed by atoms with Crippen molar-refractivity contribution >= 4 is 15.7 Å². The maximum atomic E-state index is 12.9. The first-order valence-electron chi connectivity index (χ1n) is 7.45. The largest absolute Gasteiger partial charge is 0.507 e. The van der Waals surface area contributed by atoms with Crippen LogP contribution < -0.4 is 4.72 Å². The molecule has 0 atom stereocenters. The van der Waals surface area contributed by atoms with E-state index in [0.29, 0.717) is 21.7 Å². The van der Waals surface area contributed by atoms with E-state index in [1.165, 1.54) is 0 Å². The molecule has 0 spiro atoms. The molecule has 5 heteroatoms. The minimum Gasteiger partial charge on any atom is -0.507 e. The maximum absolute atomic E-state index is 12.9. The zero-order chi connectivity index (χ0) is 17.5. The van der Waals surface area contributed by atoms with Crippen LogP contribution in [0.15, 0.2) is 23.1 Å². The highest BCUT2D eigenvalue weighted by atomic mass is 32.2. The molecule has 0 bridgehead atoms. The van der Waals surface area contributed by atoms with Gasteiger partial charge >= 0.3 is 0 Å². The average Bonchev–Trinajstić information content (AvgIpc) is 2.46. The van der Waals surface area contributed by atoms with Crippen molar-refractivity contribution in [3.8, 4) is 5.75 Å². The predicted molar refractivity (Wildman–Crippen MR) is 93.8 cm³/mol. The lowest BCUT2D eigenvalue weighted by Crippen LogP contribution is -2.17. The van der Waals surface area contributed by atoms with E-state index in [2.05, 4.69) is 4.72 Å². The summed E-state index contributed by atoms with van der Waals surface area (Å²) < 4.78 is 28.4. The van der Waals surface area contributed by atoms with Gasteiger partial charge in [-0.3, -0.25) is 4.72 Å². The Morgan fingerprint density at radius 1 is 0.826 bits per heavy atom. The highest BCUT2D eigenvalue weighted by molar-refractivity contribution is 7.92. The Hall–Kier alpha value is -2.01. The van der Waals surface area contributed by atoms with E-state index < -0.39 is 10.0 Å². The van der Waals surface area contributed by atoms with Crippen LogP contribution in [0.5, 0.6) is 5.75 Å². The van der Waals surface area contributed by atoms with Crippen molar-refractivity contribution in [2.24, 2.45) is 0 Å². The third-order valence-electron chi connectivity index (χ3n) is 4.44. The number of phenolic OH excluding ortho intramolecular Hbond substituents is 1. The highest BCUT2D eigenvalue weighted by Crippen LogP contribution is 2.32. The van der Waals surface area contributed by atoms with E-state index in [1.807, 2.05) is 33.8 Å². The van der Waals surface area contributed by atoms with E-state index in [9.17, 15) is 13.5 Å². The van der Waals surface area contributed by atoms with Crippen LogP contribution in [0.3, 0.4) is 0 Å². The SMILES string of the molecule is Cc1cc(C)c(C)c(S(=O)(=O)Nc2ccc(C)c(O)c2C)c1C. The smallest absolute Gasteiger partial charge is 0.262 e. The number of rotatable bonds is 3. The molecule has 0 heterocycles. The Morgan fingerprint density at radius 3 is 1.87 bits per heavy atom. The van der Waals surface area contributed by atoms with E-state index in [1.54, 1.807) is 26.0 Å². The summed E-state index contributed by atoms with van der Waals surface area (Å²) in [5.74, 6) is 0.110. The summed E-state index contributed by atoms with van der Waals surface area (Å²) in [6.45, 7) is 10.9. The summed E-state index contributed by atoms with van der Waals surface area (Å²) in [5, 5.41) is 10.0. The highest BCUT2D eigenvalue weighted by Gasteiger charge is 2.23. The van der Waals surface area contributed by atoms with Gasteiger partial charge in [0.05, 0.1) is 10.6 Å². The summed E-state index contributed by atoms with van der Waals surface area (Å²) in [4.78, 5) is 0.314. The van der Waals surface area contributed by atoms with Crippen LogP contribution in [0.1, 0.15) is 33.4 Å². The van der Waals surface area contributed by atoms with Crippen molar-refractivity contribution < 1.29 is 13.5 Å². The van der Waals surface area contributed by atoms with Gasteiger partial charge in [0.1, 0.15) is 5.75 Å². The van der Waals surface area contributed by atoms with E-state index >= 15 is 0 Å². The molecule has 0 amide bonds. The van der Waals surface area contributed by atoms with Crippen LogP contribution in [-0.4, -0.2) is 13.5 Å². The predicted octanol–water partition coefficient (Wildman–Crippen LogP) is 4.04. The number of anilines is 1. The van der Waals surface area contributed by atoms with Crippen molar-refractivity contribution in [1.82, 2.24) is 0 Å². The Kier molecular flexibility index (Phi) is 4.44. The molecular weight excluding hydrogens is 310 g/mol. The molecule has 0 aliphatic rings. The fourth-order valence-corrected chi connectivity index (χ4v) is 4.47. The first-order valence-corrected chi connectivity index (χ1v) is 8.94. The van der Waals surface area contributed by atoms with Crippen LogP contribution in [0.25, 0.3) is 0 Å². The van der Waals surface area contributed by atoms with Gasteiger partial charge in [-0.2, -0.15) is 0 Å². The molecule has 2 N–H and O–H groups in total. The quantitative estimate of drug-likeness (QED) is 0.891. The van der Waals surface area contributed by atoms with Crippen molar-refractivity contribution in [2.75, 3.05) is 4.72 Å². The third kappa shape index (κ3) is 3.06. The lowest BCUT2D eigenvalue weighted by atomic mass is 10.0. The number of nitrogens with one attached hydrogen (secondary N) is 1. The summed E-state index contributed by atoms with van der Waals surface area (Å²) >= 11 is 0. The standard InChI is InChI=1S/C18H23NO3S/c1-10-7-8-16(15(6)17(10)20)19-23(21,22)18-13(4)11(2)9-12(3)14(18)5/h7-9,19-20H,1-6H3. The summed E-state index contributed by atoms with van der Waals surface area (Å²) in [6, 6.07) is 5.36. The zero-order valence-electron chi connectivity index (χ0n) is 14.4. The van der Waals surface area contributed by atoms with Gasteiger partial charge in [-0.05, 0) is 75.4 Å². The molecule has 2 rings (SSSR count). The second-order valence-corrected chi connectivity index (χ2v) is 7.72. The third-order valence-corrected chi connectivity index (χ3v) is 6.08. The van der Waals surface area contributed by atoms with Crippen molar-refractivity contribution in [3.05, 3.63) is 51.6 Å². The minimum atomic E-state index is -3.73. The Balaban J connectivity index is 2.60. The Bertz CT molecular complexity index is 858. The topological polar surface area (TPSA) is 66.4 Å². The first-order chi connectivity index (χ1) is 10.6. The molecule has 0 aromatic heterocycles. The van der Waals surface area contributed by atoms with Gasteiger partial charge in [0.15, 0.2) is 0 Å². The van der Waals surface area contributed by atoms with Gasteiger partial charge in [0.25, 0.3) is 10.0 Å². The molecule has 124 valence electrons. The van der Waals surface area contributed by atoms with Crippen LogP contribution in [0.2, 0.25) is 0 Å². The molecule has 23 heavy (non-hydrogen) atoms. The molecule has 0 aliphatic carbocycles. The molecule has 0 saturated heterocycles. The van der Waals surface area contributed by atoms with Crippen LogP contribution in [0.4, 0.5) is 5.69 Å². The second kappa shape index (κ2) is 5.89. The van der Waals surface area contributed by atoms with E-state index in [4.69, 9.17) is 0 Å². The molecule has 0 aliphatic heterocycles. The van der Waals surface area contributed by atoms with Gasteiger partial charge in [-0.25, -0.2) is 8.42 Å². The number of phenols is 1. The fraction of sp³-hybridized carbons (Fsp3) is 0.333. The van der Waals surface area contributed by atoms with Gasteiger partial charge in [-0.15, -0.1) is 0 Å². The molecule has 0 unspecified atom stereocenters. The number of aryl methyl sites for hydroxylation is 3. The van der Waals surface area contributed by atoms with Crippen LogP contribution in [0, 0.1) is 41.5 Å². The van der Waals surface area contributed by atoms with E-state index in [0.717, 1.165) is 22.3 Å². The molecule has 0 saturated carbocycles. The number of hydrogen-bond donors (Lipinski definition) is 2. The Morgan fingerprint density at radius 2 is 1.35 bits per heavy atom. The second-order valence-electron chi connectivity index (χ2n) is 6.10. The molecule has 0 radical (unpaired) electrons. The van der Waals surface area contributed by atoms with Crippen molar-refractivity contribution in [3.63, 3.8) is 0 Å². The Labute approximate surface area is 138 Å². The normalized spacial score (nSPS) is 11.6. The summed E-state index contributed by atoms with van der Waals surface area (Å²) in [5.41, 5.74) is 5.00. The number of benzene rings is 2. The van der Waals surface area contributed by atoms with Gasteiger partial charge in [0.2, 0.25) is 0 Å². The average molecular weight is 333 g/mol. The van der Waals surface area contributed by atoms with Gasteiger partial charge in [-0.1, -0.05) is 12.1 Å². The number of sulfonamides is 1. The molecular formula is C18H23NO3S.